The molecule has 1 aromatic rings. The predicted molar refractivity (Wildman–Crippen MR) is 88.2 cm³/mol. The van der Waals surface area contributed by atoms with E-state index in [0.29, 0.717) is 23.7 Å². The molecule has 2 rings (SSSR count). The number of amides is 1. The zero-order chi connectivity index (χ0) is 17.2. The Labute approximate surface area is 141 Å². The van der Waals surface area contributed by atoms with Crippen LogP contribution in [0.15, 0.2) is 24.3 Å². The predicted octanol–water partition coefficient (Wildman–Crippen LogP) is 3.78. The Morgan fingerprint density at radius 3 is 2.48 bits per heavy atom. The molecule has 2 unspecified atom stereocenters. The van der Waals surface area contributed by atoms with Crippen LogP contribution in [0, 0.1) is 5.92 Å². The van der Waals surface area contributed by atoms with Crippen molar-refractivity contribution in [2.75, 3.05) is 26.7 Å². The minimum absolute atomic E-state index is 0.0487. The van der Waals surface area contributed by atoms with Gasteiger partial charge in [-0.3, -0.25) is 9.69 Å². The van der Waals surface area contributed by atoms with Gasteiger partial charge in [0, 0.05) is 43.2 Å². The monoisotopic (exact) mass is 344 g/mol. The van der Waals surface area contributed by atoms with E-state index in [1.54, 1.807) is 41.1 Å². The highest BCUT2D eigenvalue weighted by atomic mass is 35.5. The third-order valence-electron chi connectivity index (χ3n) is 4.64. The van der Waals surface area contributed by atoms with Gasteiger partial charge in [0.2, 0.25) is 0 Å². The van der Waals surface area contributed by atoms with E-state index >= 15 is 0 Å². The largest absolute Gasteiger partial charge is 0.339 e. The molecule has 23 heavy (non-hydrogen) atoms. The Morgan fingerprint density at radius 2 is 1.96 bits per heavy atom. The van der Waals surface area contributed by atoms with Crippen molar-refractivity contribution >= 4 is 17.5 Å². The molecule has 1 aliphatic heterocycles. The van der Waals surface area contributed by atoms with E-state index in [1.165, 1.54) is 0 Å². The summed E-state index contributed by atoms with van der Waals surface area (Å²) < 4.78 is 26.5. The Morgan fingerprint density at radius 1 is 1.35 bits per heavy atom. The van der Waals surface area contributed by atoms with Gasteiger partial charge in [-0.25, -0.2) is 8.78 Å². The summed E-state index contributed by atoms with van der Waals surface area (Å²) in [4.78, 5) is 15.9. The van der Waals surface area contributed by atoms with Crippen molar-refractivity contribution in [1.82, 2.24) is 9.80 Å². The molecule has 3 nitrogen and oxygen atoms in total. The van der Waals surface area contributed by atoms with Crippen LogP contribution in [0.3, 0.4) is 0 Å². The van der Waals surface area contributed by atoms with Crippen molar-refractivity contribution in [1.29, 1.82) is 0 Å². The number of halogens is 3. The van der Waals surface area contributed by atoms with E-state index < -0.39 is 5.92 Å². The fourth-order valence-corrected chi connectivity index (χ4v) is 3.01. The summed E-state index contributed by atoms with van der Waals surface area (Å²) in [5.74, 6) is -2.56. The summed E-state index contributed by atoms with van der Waals surface area (Å²) in [5.41, 5.74) is 0.573. The second-order valence-corrected chi connectivity index (χ2v) is 6.92. The first-order valence-corrected chi connectivity index (χ1v) is 8.20. The van der Waals surface area contributed by atoms with E-state index in [-0.39, 0.29) is 30.8 Å². The van der Waals surface area contributed by atoms with Crippen molar-refractivity contribution in [2.24, 2.45) is 5.92 Å². The number of hydrogen-bond acceptors (Lipinski definition) is 2. The van der Waals surface area contributed by atoms with Crippen molar-refractivity contribution in [3.8, 4) is 0 Å². The molecule has 6 heteroatoms. The van der Waals surface area contributed by atoms with Gasteiger partial charge in [-0.05, 0) is 37.1 Å². The average molecular weight is 345 g/mol. The van der Waals surface area contributed by atoms with Gasteiger partial charge in [0.15, 0.2) is 0 Å². The lowest BCUT2D eigenvalue weighted by Crippen LogP contribution is -2.43. The zero-order valence-electron chi connectivity index (χ0n) is 13.7. The number of benzene rings is 1. The Kier molecular flexibility index (Phi) is 5.63. The lowest BCUT2D eigenvalue weighted by Gasteiger charge is -2.32. The van der Waals surface area contributed by atoms with Crippen LogP contribution in [0.25, 0.3) is 0 Å². The van der Waals surface area contributed by atoms with Crippen LogP contribution in [-0.2, 0) is 0 Å². The zero-order valence-corrected chi connectivity index (χ0v) is 14.5. The van der Waals surface area contributed by atoms with Crippen LogP contribution in [0.1, 0.15) is 30.6 Å². The highest BCUT2D eigenvalue weighted by Crippen LogP contribution is 2.28. The van der Waals surface area contributed by atoms with Gasteiger partial charge in [0.25, 0.3) is 11.8 Å². The molecular weight excluding hydrogens is 322 g/mol. The summed E-state index contributed by atoms with van der Waals surface area (Å²) in [6.07, 6.45) is -0.0757. The molecular formula is C17H23ClF2N2O. The van der Waals surface area contributed by atoms with E-state index in [2.05, 4.69) is 0 Å². The van der Waals surface area contributed by atoms with Gasteiger partial charge in [-0.2, -0.15) is 0 Å². The molecule has 1 heterocycles. The number of alkyl halides is 2. The minimum atomic E-state index is -2.58. The summed E-state index contributed by atoms with van der Waals surface area (Å²) in [6.45, 7) is 4.74. The molecule has 128 valence electrons. The van der Waals surface area contributed by atoms with Crippen LogP contribution in [0.4, 0.5) is 8.78 Å². The second-order valence-electron chi connectivity index (χ2n) is 6.48. The minimum Gasteiger partial charge on any atom is -0.339 e. The lowest BCUT2D eigenvalue weighted by atomic mass is 10.0. The molecule has 1 aliphatic rings. The SMILES string of the molecule is CC(CN1CCC(F)(F)C1)C(C)N(C)C(=O)c1ccc(Cl)cc1. The molecule has 1 fully saturated rings. The van der Waals surface area contributed by atoms with Gasteiger partial charge in [0.1, 0.15) is 0 Å². The number of carbonyl (C=O) groups is 1. The number of carbonyl (C=O) groups excluding carboxylic acids is 1. The molecule has 0 aromatic heterocycles. The maximum absolute atomic E-state index is 13.3. The normalized spacial score (nSPS) is 20.3. The van der Waals surface area contributed by atoms with Crippen molar-refractivity contribution in [2.45, 2.75) is 32.2 Å². The fraction of sp³-hybridized carbons (Fsp3) is 0.588. The molecule has 0 N–H and O–H groups in total. The summed E-state index contributed by atoms with van der Waals surface area (Å²) in [6, 6.07) is 6.71. The van der Waals surface area contributed by atoms with Gasteiger partial charge in [-0.1, -0.05) is 18.5 Å². The van der Waals surface area contributed by atoms with Gasteiger partial charge in [0.05, 0.1) is 6.54 Å². The molecule has 0 aliphatic carbocycles. The summed E-state index contributed by atoms with van der Waals surface area (Å²) in [7, 11) is 1.75. The lowest BCUT2D eigenvalue weighted by molar-refractivity contribution is 0.00966. The standard InChI is InChI=1S/C17H23ClF2N2O/c1-12(10-22-9-8-17(19,20)11-22)13(2)21(3)16(23)14-4-6-15(18)7-5-14/h4-7,12-13H,8-11H2,1-3H3. The topological polar surface area (TPSA) is 23.6 Å². The number of likely N-dealkylation sites (tertiary alicyclic amines) is 1. The Hall–Kier alpha value is -1.20. The molecule has 1 saturated heterocycles. The average Bonchev–Trinajstić information content (AvgIpc) is 2.84. The first kappa shape index (κ1) is 18.1. The first-order chi connectivity index (χ1) is 10.7. The third kappa shape index (κ3) is 4.64. The van der Waals surface area contributed by atoms with E-state index in [9.17, 15) is 13.6 Å². The number of rotatable bonds is 5. The third-order valence-corrected chi connectivity index (χ3v) is 4.89. The smallest absolute Gasteiger partial charge is 0.261 e. The first-order valence-electron chi connectivity index (χ1n) is 7.82. The molecule has 2 atom stereocenters. The van der Waals surface area contributed by atoms with Gasteiger partial charge < -0.3 is 4.90 Å². The van der Waals surface area contributed by atoms with E-state index in [0.717, 1.165) is 0 Å². The fourth-order valence-electron chi connectivity index (χ4n) is 2.89. The molecule has 0 saturated carbocycles. The molecule has 0 spiro atoms. The molecule has 1 aromatic carbocycles. The van der Waals surface area contributed by atoms with E-state index in [1.807, 2.05) is 13.8 Å². The quantitative estimate of drug-likeness (QED) is 0.811. The highest BCUT2D eigenvalue weighted by molar-refractivity contribution is 6.30. The van der Waals surface area contributed by atoms with Gasteiger partial charge >= 0.3 is 0 Å². The highest BCUT2D eigenvalue weighted by Gasteiger charge is 2.39. The summed E-state index contributed by atoms with van der Waals surface area (Å²) in [5, 5.41) is 0.584. The maximum atomic E-state index is 13.3. The summed E-state index contributed by atoms with van der Waals surface area (Å²) >= 11 is 5.84. The van der Waals surface area contributed by atoms with Crippen LogP contribution in [0.5, 0.6) is 0 Å². The number of nitrogens with zero attached hydrogens (tertiary/aromatic N) is 2. The van der Waals surface area contributed by atoms with Crippen LogP contribution in [0.2, 0.25) is 5.02 Å². The van der Waals surface area contributed by atoms with Crippen LogP contribution >= 0.6 is 11.6 Å². The van der Waals surface area contributed by atoms with Crippen LogP contribution < -0.4 is 0 Å². The van der Waals surface area contributed by atoms with Crippen molar-refractivity contribution in [3.05, 3.63) is 34.9 Å². The van der Waals surface area contributed by atoms with E-state index in [4.69, 9.17) is 11.6 Å². The molecule has 0 radical (unpaired) electrons. The van der Waals surface area contributed by atoms with Gasteiger partial charge in [-0.15, -0.1) is 0 Å². The Bertz CT molecular complexity index is 550. The van der Waals surface area contributed by atoms with Crippen molar-refractivity contribution in [3.63, 3.8) is 0 Å². The molecule has 1 amide bonds. The van der Waals surface area contributed by atoms with Crippen LogP contribution in [-0.4, -0.2) is 54.4 Å². The maximum Gasteiger partial charge on any atom is 0.261 e. The second kappa shape index (κ2) is 7.14. The molecule has 0 bridgehead atoms. The van der Waals surface area contributed by atoms with Crippen molar-refractivity contribution < 1.29 is 13.6 Å². The Balaban J connectivity index is 1.94. The number of hydrogen-bond donors (Lipinski definition) is 0.